The molecule has 0 radical (unpaired) electrons. The van der Waals surface area contributed by atoms with Crippen molar-refractivity contribution in [3.63, 3.8) is 0 Å². The summed E-state index contributed by atoms with van der Waals surface area (Å²) in [5, 5.41) is 9.05. The first-order valence-electron chi connectivity index (χ1n) is 9.45. The van der Waals surface area contributed by atoms with Crippen molar-refractivity contribution in [2.75, 3.05) is 65.6 Å². The van der Waals surface area contributed by atoms with E-state index in [0.29, 0.717) is 0 Å². The monoisotopic (exact) mass is 493 g/mol. The van der Waals surface area contributed by atoms with Crippen LogP contribution in [-0.2, 0) is 17.7 Å². The summed E-state index contributed by atoms with van der Waals surface area (Å²) in [5.74, 6) is 0.934. The molecular weight excluding hydrogens is 461 g/mol. The third kappa shape index (κ3) is 6.95. The number of guanidine groups is 1. The second-order valence-electron chi connectivity index (χ2n) is 6.54. The number of rotatable bonds is 7. The number of morpholine rings is 1. The Hall–Kier alpha value is -0.420. The van der Waals surface area contributed by atoms with Gasteiger partial charge in [-0.15, -0.1) is 35.3 Å². The number of fused-ring (bicyclic) bond motifs is 1. The van der Waals surface area contributed by atoms with Crippen LogP contribution < -0.4 is 10.6 Å². The smallest absolute Gasteiger partial charge is 0.191 e. The summed E-state index contributed by atoms with van der Waals surface area (Å²) in [4.78, 5) is 11.2. The first kappa shape index (κ1) is 21.9. The van der Waals surface area contributed by atoms with Gasteiger partial charge in [0.15, 0.2) is 5.96 Å². The largest absolute Gasteiger partial charge is 0.379 e. The summed E-state index contributed by atoms with van der Waals surface area (Å²) in [6.45, 7) is 12.8. The van der Waals surface area contributed by atoms with Gasteiger partial charge in [0.1, 0.15) is 0 Å². The molecule has 0 amide bonds. The molecule has 3 rings (SSSR count). The summed E-state index contributed by atoms with van der Waals surface area (Å²) in [5.41, 5.74) is 1.52. The summed E-state index contributed by atoms with van der Waals surface area (Å²) in [7, 11) is 0. The Morgan fingerprint density at radius 1 is 1.19 bits per heavy atom. The van der Waals surface area contributed by atoms with Gasteiger partial charge in [0.2, 0.25) is 0 Å². The van der Waals surface area contributed by atoms with Crippen LogP contribution in [-0.4, -0.2) is 81.3 Å². The van der Waals surface area contributed by atoms with Crippen LogP contribution in [0.2, 0.25) is 0 Å². The lowest BCUT2D eigenvalue weighted by Gasteiger charge is -2.27. The zero-order chi connectivity index (χ0) is 17.3. The zero-order valence-corrected chi connectivity index (χ0v) is 18.9. The van der Waals surface area contributed by atoms with Crippen LogP contribution in [0.5, 0.6) is 0 Å². The molecule has 26 heavy (non-hydrogen) atoms. The maximum atomic E-state index is 5.39. The van der Waals surface area contributed by atoms with Gasteiger partial charge in [0, 0.05) is 57.2 Å². The van der Waals surface area contributed by atoms with Crippen LogP contribution in [0, 0.1) is 0 Å². The fourth-order valence-electron chi connectivity index (χ4n) is 3.30. The Kier molecular flexibility index (Phi) is 10.2. The number of nitrogens with one attached hydrogen (secondary N) is 2. The van der Waals surface area contributed by atoms with E-state index in [1.54, 1.807) is 4.88 Å². The maximum absolute atomic E-state index is 5.39. The Bertz CT molecular complexity index is 547. The van der Waals surface area contributed by atoms with Gasteiger partial charge in [-0.05, 0) is 30.4 Å². The van der Waals surface area contributed by atoms with Crippen LogP contribution in [0.25, 0.3) is 0 Å². The van der Waals surface area contributed by atoms with E-state index in [9.17, 15) is 0 Å². The highest BCUT2D eigenvalue weighted by Gasteiger charge is 2.16. The highest BCUT2D eigenvalue weighted by atomic mass is 127. The van der Waals surface area contributed by atoms with Gasteiger partial charge in [-0.1, -0.05) is 0 Å². The standard InChI is InChI=1S/C18H31N5OS.HI/c1-2-19-18(20-5-8-22-10-12-24-13-11-22)21-6-9-23-7-3-17-16(15-23)4-14-25-17;/h4,14H,2-3,5-13,15H2,1H3,(H2,19,20,21);1H. The molecule has 3 heterocycles. The number of hydrogen-bond acceptors (Lipinski definition) is 5. The van der Waals surface area contributed by atoms with E-state index in [2.05, 4.69) is 38.8 Å². The SMILES string of the molecule is CCNC(=NCCN1CCOCC1)NCCN1CCc2sccc2C1.I. The fourth-order valence-corrected chi connectivity index (χ4v) is 4.19. The molecule has 2 aliphatic heterocycles. The first-order valence-corrected chi connectivity index (χ1v) is 10.3. The van der Waals surface area contributed by atoms with Crippen molar-refractivity contribution in [2.45, 2.75) is 19.9 Å². The number of hydrogen-bond donors (Lipinski definition) is 2. The van der Waals surface area contributed by atoms with Gasteiger partial charge in [-0.25, -0.2) is 0 Å². The molecule has 0 atom stereocenters. The van der Waals surface area contributed by atoms with E-state index in [-0.39, 0.29) is 24.0 Å². The topological polar surface area (TPSA) is 52.1 Å². The van der Waals surface area contributed by atoms with E-state index >= 15 is 0 Å². The lowest BCUT2D eigenvalue weighted by atomic mass is 10.1. The van der Waals surface area contributed by atoms with Crippen LogP contribution in [0.1, 0.15) is 17.4 Å². The highest BCUT2D eigenvalue weighted by molar-refractivity contribution is 14.0. The van der Waals surface area contributed by atoms with Gasteiger partial charge in [0.05, 0.1) is 19.8 Å². The molecule has 1 fully saturated rings. The van der Waals surface area contributed by atoms with Gasteiger partial charge >= 0.3 is 0 Å². The average molecular weight is 493 g/mol. The summed E-state index contributed by atoms with van der Waals surface area (Å²) < 4.78 is 5.39. The lowest BCUT2D eigenvalue weighted by Crippen LogP contribution is -2.43. The molecular formula is C18H32IN5OS. The Morgan fingerprint density at radius 3 is 2.85 bits per heavy atom. The normalized spacial score (nSPS) is 18.9. The second-order valence-corrected chi connectivity index (χ2v) is 7.54. The number of aliphatic imine (C=N–C) groups is 1. The van der Waals surface area contributed by atoms with Crippen molar-refractivity contribution in [1.82, 2.24) is 20.4 Å². The van der Waals surface area contributed by atoms with Crippen molar-refractivity contribution >= 4 is 41.3 Å². The minimum atomic E-state index is 0. The van der Waals surface area contributed by atoms with Crippen LogP contribution >= 0.6 is 35.3 Å². The minimum Gasteiger partial charge on any atom is -0.379 e. The third-order valence-electron chi connectivity index (χ3n) is 4.74. The zero-order valence-electron chi connectivity index (χ0n) is 15.7. The van der Waals surface area contributed by atoms with Gasteiger partial charge < -0.3 is 15.4 Å². The molecule has 2 aliphatic rings. The number of halogens is 1. The van der Waals surface area contributed by atoms with E-state index in [1.807, 2.05) is 11.3 Å². The maximum Gasteiger partial charge on any atom is 0.191 e. The minimum absolute atomic E-state index is 0. The Morgan fingerprint density at radius 2 is 2.04 bits per heavy atom. The van der Waals surface area contributed by atoms with Crippen molar-refractivity contribution < 1.29 is 4.74 Å². The molecule has 0 spiro atoms. The van der Waals surface area contributed by atoms with Gasteiger partial charge in [-0.2, -0.15) is 0 Å². The van der Waals surface area contributed by atoms with Crippen LogP contribution in [0.15, 0.2) is 16.4 Å². The molecule has 148 valence electrons. The Balaban J connectivity index is 0.00000243. The lowest BCUT2D eigenvalue weighted by molar-refractivity contribution is 0.0394. The van der Waals surface area contributed by atoms with E-state index < -0.39 is 0 Å². The van der Waals surface area contributed by atoms with Gasteiger partial charge in [0.25, 0.3) is 0 Å². The predicted molar refractivity (Wildman–Crippen MR) is 120 cm³/mol. The molecule has 0 aromatic carbocycles. The second kappa shape index (κ2) is 12.1. The Labute approximate surface area is 178 Å². The van der Waals surface area contributed by atoms with E-state index in [4.69, 9.17) is 9.73 Å². The van der Waals surface area contributed by atoms with Crippen molar-refractivity contribution in [3.05, 3.63) is 21.9 Å². The average Bonchev–Trinajstić information content (AvgIpc) is 3.10. The summed E-state index contributed by atoms with van der Waals surface area (Å²) >= 11 is 1.90. The molecule has 0 unspecified atom stereocenters. The molecule has 1 saturated heterocycles. The molecule has 0 saturated carbocycles. The fraction of sp³-hybridized carbons (Fsp3) is 0.722. The molecule has 1 aromatic rings. The summed E-state index contributed by atoms with van der Waals surface area (Å²) in [6, 6.07) is 2.27. The van der Waals surface area contributed by atoms with Crippen molar-refractivity contribution in [1.29, 1.82) is 0 Å². The van der Waals surface area contributed by atoms with Crippen molar-refractivity contribution in [2.24, 2.45) is 4.99 Å². The quantitative estimate of drug-likeness (QED) is 0.344. The number of nitrogens with zero attached hydrogens (tertiary/aromatic N) is 3. The van der Waals surface area contributed by atoms with E-state index in [0.717, 1.165) is 71.5 Å². The number of thiophene rings is 1. The molecule has 2 N–H and O–H groups in total. The number of ether oxygens (including phenoxy) is 1. The van der Waals surface area contributed by atoms with Crippen molar-refractivity contribution in [3.8, 4) is 0 Å². The molecule has 1 aromatic heterocycles. The molecule has 0 bridgehead atoms. The van der Waals surface area contributed by atoms with Gasteiger partial charge in [-0.3, -0.25) is 14.8 Å². The van der Waals surface area contributed by atoms with Crippen LogP contribution in [0.4, 0.5) is 0 Å². The first-order chi connectivity index (χ1) is 12.3. The molecule has 0 aliphatic carbocycles. The molecule has 6 nitrogen and oxygen atoms in total. The molecule has 8 heteroatoms. The summed E-state index contributed by atoms with van der Waals surface area (Å²) in [6.07, 6.45) is 1.20. The third-order valence-corrected chi connectivity index (χ3v) is 5.76. The highest BCUT2D eigenvalue weighted by Crippen LogP contribution is 2.23. The van der Waals surface area contributed by atoms with E-state index in [1.165, 1.54) is 18.5 Å². The predicted octanol–water partition coefficient (Wildman–Crippen LogP) is 1.61. The van der Waals surface area contributed by atoms with Crippen LogP contribution in [0.3, 0.4) is 0 Å².